The quantitative estimate of drug-likeness (QED) is 0.581. The molecular formula is C18H19N5O4. The Labute approximate surface area is 155 Å². The molecule has 0 saturated carbocycles. The Kier molecular flexibility index (Phi) is 5.50. The number of hydrogen-bond acceptors (Lipinski definition) is 7. The normalized spacial score (nSPS) is 11.6. The average molecular weight is 369 g/mol. The van der Waals surface area contributed by atoms with Crippen molar-refractivity contribution >= 4 is 11.6 Å². The van der Waals surface area contributed by atoms with Crippen LogP contribution in [0, 0.1) is 0 Å². The number of methoxy groups -OCH3 is 2. The standard InChI is InChI=1S/C18H19N5O4/c1-26-15-6-4-3-5-13(15)19-18(25)12(17-20-22-23-21-17)9-11-7-8-14(24)16(10-11)27-2/h3-8,10,12,24H,9H2,1-2H3,(H,19,25)(H,20,21,22,23). The van der Waals surface area contributed by atoms with Crippen LogP contribution < -0.4 is 14.8 Å². The van der Waals surface area contributed by atoms with Gasteiger partial charge in [-0.3, -0.25) is 4.79 Å². The fourth-order valence-electron chi connectivity index (χ4n) is 2.67. The van der Waals surface area contributed by atoms with Gasteiger partial charge in [-0.05, 0) is 36.2 Å². The second-order valence-electron chi connectivity index (χ2n) is 5.72. The van der Waals surface area contributed by atoms with Crippen LogP contribution in [0.2, 0.25) is 0 Å². The van der Waals surface area contributed by atoms with Crippen molar-refractivity contribution in [3.63, 3.8) is 0 Å². The van der Waals surface area contributed by atoms with Gasteiger partial charge in [-0.25, -0.2) is 0 Å². The van der Waals surface area contributed by atoms with E-state index in [0.29, 0.717) is 17.2 Å². The van der Waals surface area contributed by atoms with Crippen LogP contribution in [0.4, 0.5) is 5.69 Å². The van der Waals surface area contributed by atoms with Crippen LogP contribution >= 0.6 is 0 Å². The number of hydrogen-bond donors (Lipinski definition) is 3. The Bertz CT molecular complexity index is 914. The zero-order chi connectivity index (χ0) is 19.2. The van der Waals surface area contributed by atoms with Crippen molar-refractivity contribution in [3.05, 3.63) is 53.9 Å². The van der Waals surface area contributed by atoms with Gasteiger partial charge >= 0.3 is 0 Å². The summed E-state index contributed by atoms with van der Waals surface area (Å²) in [6.45, 7) is 0. The maximum absolute atomic E-state index is 12.9. The topological polar surface area (TPSA) is 122 Å². The first-order chi connectivity index (χ1) is 13.1. The molecule has 1 atom stereocenters. The molecule has 27 heavy (non-hydrogen) atoms. The number of aromatic nitrogens is 4. The molecule has 9 nitrogen and oxygen atoms in total. The zero-order valence-electron chi connectivity index (χ0n) is 14.8. The first-order valence-corrected chi connectivity index (χ1v) is 8.15. The molecule has 1 amide bonds. The third-order valence-corrected chi connectivity index (χ3v) is 4.04. The van der Waals surface area contributed by atoms with Crippen molar-refractivity contribution in [2.24, 2.45) is 0 Å². The highest BCUT2D eigenvalue weighted by Gasteiger charge is 2.26. The number of nitrogens with zero attached hydrogens (tertiary/aromatic N) is 3. The summed E-state index contributed by atoms with van der Waals surface area (Å²) in [7, 11) is 2.99. The third kappa shape index (κ3) is 4.14. The van der Waals surface area contributed by atoms with Crippen LogP contribution in [0.5, 0.6) is 17.2 Å². The lowest BCUT2D eigenvalue weighted by Gasteiger charge is -2.16. The van der Waals surface area contributed by atoms with Gasteiger partial charge < -0.3 is 19.9 Å². The van der Waals surface area contributed by atoms with Gasteiger partial charge in [0.25, 0.3) is 0 Å². The molecule has 0 bridgehead atoms. The zero-order valence-corrected chi connectivity index (χ0v) is 14.8. The van der Waals surface area contributed by atoms with E-state index in [-0.39, 0.29) is 23.9 Å². The molecule has 3 aromatic rings. The SMILES string of the molecule is COc1cc(CC(C(=O)Nc2ccccc2OC)c2nn[nH]n2)ccc1O. The molecule has 1 heterocycles. The lowest BCUT2D eigenvalue weighted by atomic mass is 9.97. The van der Waals surface area contributed by atoms with Crippen LogP contribution in [-0.2, 0) is 11.2 Å². The van der Waals surface area contributed by atoms with Gasteiger partial charge in [-0.15, -0.1) is 10.2 Å². The molecule has 140 valence electrons. The van der Waals surface area contributed by atoms with Gasteiger partial charge in [-0.1, -0.05) is 23.4 Å². The Morgan fingerprint density at radius 2 is 1.96 bits per heavy atom. The van der Waals surface area contributed by atoms with Crippen molar-refractivity contribution in [2.45, 2.75) is 12.3 Å². The number of carbonyl (C=O) groups excluding carboxylic acids is 1. The number of benzene rings is 2. The van der Waals surface area contributed by atoms with Crippen molar-refractivity contribution < 1.29 is 19.4 Å². The monoisotopic (exact) mass is 369 g/mol. The molecule has 0 aliphatic heterocycles. The number of ether oxygens (including phenoxy) is 2. The highest BCUT2D eigenvalue weighted by Crippen LogP contribution is 2.30. The summed E-state index contributed by atoms with van der Waals surface area (Å²) in [4.78, 5) is 12.9. The second-order valence-corrected chi connectivity index (χ2v) is 5.72. The summed E-state index contributed by atoms with van der Waals surface area (Å²) in [6.07, 6.45) is 0.289. The van der Waals surface area contributed by atoms with Crippen molar-refractivity contribution in [2.75, 3.05) is 19.5 Å². The van der Waals surface area contributed by atoms with Crippen LogP contribution in [0.25, 0.3) is 0 Å². The number of phenolic OH excluding ortho intramolecular Hbond substituents is 1. The van der Waals surface area contributed by atoms with Gasteiger partial charge in [0.15, 0.2) is 17.3 Å². The smallest absolute Gasteiger partial charge is 0.235 e. The van der Waals surface area contributed by atoms with Crippen LogP contribution in [0.3, 0.4) is 0 Å². The van der Waals surface area contributed by atoms with E-state index in [4.69, 9.17) is 9.47 Å². The number of aromatic hydroxyl groups is 1. The van der Waals surface area contributed by atoms with Crippen molar-refractivity contribution in [1.29, 1.82) is 0 Å². The summed E-state index contributed by atoms with van der Waals surface area (Å²) in [6, 6.07) is 12.0. The Hall–Kier alpha value is -3.62. The molecule has 0 radical (unpaired) electrons. The van der Waals surface area contributed by atoms with E-state index >= 15 is 0 Å². The number of anilines is 1. The van der Waals surface area contributed by atoms with E-state index in [2.05, 4.69) is 25.9 Å². The fourth-order valence-corrected chi connectivity index (χ4v) is 2.67. The van der Waals surface area contributed by atoms with Crippen molar-refractivity contribution in [1.82, 2.24) is 20.6 Å². The van der Waals surface area contributed by atoms with Gasteiger partial charge in [-0.2, -0.15) is 5.21 Å². The second kappa shape index (κ2) is 8.17. The summed E-state index contributed by atoms with van der Waals surface area (Å²) < 4.78 is 10.4. The number of aromatic amines is 1. The highest BCUT2D eigenvalue weighted by molar-refractivity contribution is 5.96. The molecule has 1 unspecified atom stereocenters. The molecule has 9 heteroatoms. The predicted molar refractivity (Wildman–Crippen MR) is 96.9 cm³/mol. The Morgan fingerprint density at radius 1 is 1.19 bits per heavy atom. The van der Waals surface area contributed by atoms with Gasteiger partial charge in [0.05, 0.1) is 19.9 Å². The molecule has 0 saturated heterocycles. The van der Waals surface area contributed by atoms with Gasteiger partial charge in [0, 0.05) is 0 Å². The number of rotatable bonds is 7. The Morgan fingerprint density at radius 3 is 2.67 bits per heavy atom. The summed E-state index contributed by atoms with van der Waals surface area (Å²) in [5.74, 6) is 0.134. The molecule has 0 aliphatic rings. The molecule has 0 fully saturated rings. The van der Waals surface area contributed by atoms with Gasteiger partial charge in [0.1, 0.15) is 11.7 Å². The average Bonchev–Trinajstić information content (AvgIpc) is 3.22. The molecule has 3 rings (SSSR count). The number of nitrogens with one attached hydrogen (secondary N) is 2. The maximum atomic E-state index is 12.9. The minimum atomic E-state index is -0.706. The number of carbonyl (C=O) groups is 1. The van der Waals surface area contributed by atoms with Gasteiger partial charge in [0.2, 0.25) is 5.91 Å². The fraction of sp³-hybridized carbons (Fsp3) is 0.222. The van der Waals surface area contributed by atoms with Crippen molar-refractivity contribution in [3.8, 4) is 17.2 Å². The van der Waals surface area contributed by atoms with E-state index in [1.54, 1.807) is 30.3 Å². The van der Waals surface area contributed by atoms with E-state index < -0.39 is 5.92 Å². The largest absolute Gasteiger partial charge is 0.504 e. The van der Waals surface area contributed by atoms with Crippen LogP contribution in [0.15, 0.2) is 42.5 Å². The van der Waals surface area contributed by atoms with E-state index in [1.165, 1.54) is 20.3 Å². The first-order valence-electron chi connectivity index (χ1n) is 8.15. The Balaban J connectivity index is 1.87. The summed E-state index contributed by atoms with van der Waals surface area (Å²) in [5.41, 5.74) is 1.32. The van der Waals surface area contributed by atoms with E-state index in [9.17, 15) is 9.90 Å². The predicted octanol–water partition coefficient (Wildman–Crippen LogP) is 1.89. The number of phenols is 1. The molecule has 1 aromatic heterocycles. The lowest BCUT2D eigenvalue weighted by Crippen LogP contribution is -2.24. The molecule has 0 aliphatic carbocycles. The van der Waals surface area contributed by atoms with E-state index in [0.717, 1.165) is 5.56 Å². The number of para-hydroxylation sites is 2. The van der Waals surface area contributed by atoms with Crippen LogP contribution in [-0.4, -0.2) is 45.9 Å². The number of H-pyrrole nitrogens is 1. The first kappa shape index (κ1) is 18.2. The number of amides is 1. The minimum Gasteiger partial charge on any atom is -0.504 e. The third-order valence-electron chi connectivity index (χ3n) is 4.04. The highest BCUT2D eigenvalue weighted by atomic mass is 16.5. The summed E-state index contributed by atoms with van der Waals surface area (Å²) in [5, 5.41) is 26.4. The molecule has 2 aromatic carbocycles. The number of tetrazole rings is 1. The van der Waals surface area contributed by atoms with Crippen LogP contribution in [0.1, 0.15) is 17.3 Å². The molecule has 0 spiro atoms. The summed E-state index contributed by atoms with van der Waals surface area (Å²) >= 11 is 0. The lowest BCUT2D eigenvalue weighted by molar-refractivity contribution is -0.117. The minimum absolute atomic E-state index is 0.0239. The molecular weight excluding hydrogens is 350 g/mol. The van der Waals surface area contributed by atoms with E-state index in [1.807, 2.05) is 6.07 Å². The maximum Gasteiger partial charge on any atom is 0.235 e. The molecule has 3 N–H and O–H groups in total.